The maximum absolute atomic E-state index is 11.2. The van der Waals surface area contributed by atoms with Crippen LogP contribution in [0.2, 0.25) is 5.15 Å². The third kappa shape index (κ3) is 3.08. The second-order valence-electron chi connectivity index (χ2n) is 5.68. The Balaban J connectivity index is 2.36. The van der Waals surface area contributed by atoms with E-state index in [0.29, 0.717) is 18.0 Å². The van der Waals surface area contributed by atoms with Gasteiger partial charge in [-0.05, 0) is 18.8 Å². The number of nitrogens with zero attached hydrogens (tertiary/aromatic N) is 3. The summed E-state index contributed by atoms with van der Waals surface area (Å²) in [5, 5.41) is 15.8. The van der Waals surface area contributed by atoms with E-state index in [1.165, 1.54) is 6.42 Å². The molecule has 0 aromatic carbocycles. The minimum Gasteiger partial charge on any atom is -0.258 e. The van der Waals surface area contributed by atoms with E-state index in [-0.39, 0.29) is 16.9 Å². The van der Waals surface area contributed by atoms with E-state index in [1.807, 2.05) is 13.8 Å². The van der Waals surface area contributed by atoms with Gasteiger partial charge in [-0.3, -0.25) is 10.1 Å². The summed E-state index contributed by atoms with van der Waals surface area (Å²) in [5.41, 5.74) is 0.525. The van der Waals surface area contributed by atoms with Crippen LogP contribution in [0.1, 0.15) is 57.7 Å². The predicted octanol–water partition coefficient (Wildman–Crippen LogP) is 4.15. The van der Waals surface area contributed by atoms with Gasteiger partial charge in [-0.2, -0.15) is 5.10 Å². The fourth-order valence-corrected chi connectivity index (χ4v) is 3.08. The summed E-state index contributed by atoms with van der Waals surface area (Å²) in [4.78, 5) is 10.8. The van der Waals surface area contributed by atoms with Gasteiger partial charge in [0.05, 0.1) is 11.0 Å². The summed E-state index contributed by atoms with van der Waals surface area (Å²) in [6, 6.07) is 0.223. The second kappa shape index (κ2) is 5.90. The van der Waals surface area contributed by atoms with E-state index in [9.17, 15) is 10.1 Å². The molecule has 19 heavy (non-hydrogen) atoms. The average Bonchev–Trinajstić information content (AvgIpc) is 2.66. The summed E-state index contributed by atoms with van der Waals surface area (Å²) in [6.07, 6.45) is 6.15. The van der Waals surface area contributed by atoms with E-state index in [4.69, 9.17) is 11.6 Å². The summed E-state index contributed by atoms with van der Waals surface area (Å²) in [5.74, 6) is 0.324. The topological polar surface area (TPSA) is 61.0 Å². The Hall–Kier alpha value is -1.10. The van der Waals surface area contributed by atoms with Crippen LogP contribution in [0.15, 0.2) is 0 Å². The lowest BCUT2D eigenvalue weighted by Crippen LogP contribution is -2.14. The fourth-order valence-electron chi connectivity index (χ4n) is 2.72. The molecule has 0 radical (unpaired) electrons. The molecule has 1 aliphatic carbocycles. The molecule has 0 saturated heterocycles. The quantitative estimate of drug-likeness (QED) is 0.617. The lowest BCUT2D eigenvalue weighted by atomic mass is 9.96. The van der Waals surface area contributed by atoms with Gasteiger partial charge in [-0.1, -0.05) is 44.7 Å². The van der Waals surface area contributed by atoms with Gasteiger partial charge in [0.25, 0.3) is 0 Å². The van der Waals surface area contributed by atoms with Crippen molar-refractivity contribution in [2.45, 2.75) is 58.4 Å². The minimum atomic E-state index is -0.396. The Morgan fingerprint density at radius 1 is 1.42 bits per heavy atom. The van der Waals surface area contributed by atoms with Crippen LogP contribution >= 0.6 is 11.6 Å². The molecule has 0 aliphatic heterocycles. The molecular formula is C13H20ClN3O2. The first-order valence-corrected chi connectivity index (χ1v) is 7.29. The highest BCUT2D eigenvalue weighted by molar-refractivity contribution is 6.31. The van der Waals surface area contributed by atoms with Crippen molar-refractivity contribution >= 4 is 17.3 Å². The second-order valence-corrected chi connectivity index (χ2v) is 6.04. The maximum atomic E-state index is 11.2. The first-order valence-electron chi connectivity index (χ1n) is 6.92. The van der Waals surface area contributed by atoms with Crippen molar-refractivity contribution in [2.24, 2.45) is 5.92 Å². The van der Waals surface area contributed by atoms with E-state index >= 15 is 0 Å². The summed E-state index contributed by atoms with van der Waals surface area (Å²) < 4.78 is 1.69. The summed E-state index contributed by atoms with van der Waals surface area (Å²) in [6.45, 7) is 4.05. The van der Waals surface area contributed by atoms with Gasteiger partial charge in [0.1, 0.15) is 5.69 Å². The van der Waals surface area contributed by atoms with Crippen LogP contribution in [-0.2, 0) is 6.42 Å². The molecule has 6 heteroatoms. The van der Waals surface area contributed by atoms with Crippen molar-refractivity contribution in [1.82, 2.24) is 9.78 Å². The first-order chi connectivity index (χ1) is 9.00. The number of hydrogen-bond acceptors (Lipinski definition) is 3. The Kier molecular flexibility index (Phi) is 4.45. The SMILES string of the molecule is CC(C)Cc1nn(C2CCCCC2)c(Cl)c1[N+](=O)[O-]. The molecule has 0 unspecified atom stereocenters. The van der Waals surface area contributed by atoms with Crippen molar-refractivity contribution in [3.05, 3.63) is 21.0 Å². The highest BCUT2D eigenvalue weighted by Gasteiger charge is 2.30. The molecule has 2 rings (SSSR count). The van der Waals surface area contributed by atoms with Crippen LogP contribution in [0.5, 0.6) is 0 Å². The van der Waals surface area contributed by atoms with Gasteiger partial charge in [-0.25, -0.2) is 4.68 Å². The molecule has 1 aromatic rings. The van der Waals surface area contributed by atoms with Crippen molar-refractivity contribution < 1.29 is 4.92 Å². The van der Waals surface area contributed by atoms with Crippen LogP contribution in [0.3, 0.4) is 0 Å². The average molecular weight is 286 g/mol. The Labute approximate surface area is 118 Å². The lowest BCUT2D eigenvalue weighted by molar-refractivity contribution is -0.385. The van der Waals surface area contributed by atoms with Crippen LogP contribution in [0.4, 0.5) is 5.69 Å². The molecule has 0 spiro atoms. The largest absolute Gasteiger partial charge is 0.329 e. The zero-order valence-corrected chi connectivity index (χ0v) is 12.2. The smallest absolute Gasteiger partial charge is 0.258 e. The van der Waals surface area contributed by atoms with E-state index in [2.05, 4.69) is 5.10 Å². The van der Waals surface area contributed by atoms with E-state index in [1.54, 1.807) is 4.68 Å². The predicted molar refractivity (Wildman–Crippen MR) is 74.6 cm³/mol. The molecule has 1 aliphatic rings. The van der Waals surface area contributed by atoms with Gasteiger partial charge >= 0.3 is 5.69 Å². The van der Waals surface area contributed by atoms with Crippen LogP contribution in [-0.4, -0.2) is 14.7 Å². The minimum absolute atomic E-state index is 0.000870. The first kappa shape index (κ1) is 14.3. The number of aromatic nitrogens is 2. The van der Waals surface area contributed by atoms with Crippen molar-refractivity contribution in [3.8, 4) is 0 Å². The molecule has 0 bridgehead atoms. The molecular weight excluding hydrogens is 266 g/mol. The van der Waals surface area contributed by atoms with E-state index < -0.39 is 4.92 Å². The van der Waals surface area contributed by atoms with E-state index in [0.717, 1.165) is 25.7 Å². The fraction of sp³-hybridized carbons (Fsp3) is 0.769. The maximum Gasteiger partial charge on any atom is 0.329 e. The molecule has 5 nitrogen and oxygen atoms in total. The third-order valence-electron chi connectivity index (χ3n) is 3.60. The zero-order chi connectivity index (χ0) is 14.0. The number of halogens is 1. The normalized spacial score (nSPS) is 17.1. The molecule has 1 heterocycles. The van der Waals surface area contributed by atoms with Crippen LogP contribution in [0, 0.1) is 16.0 Å². The van der Waals surface area contributed by atoms with Crippen molar-refractivity contribution in [1.29, 1.82) is 0 Å². The molecule has 1 fully saturated rings. The lowest BCUT2D eigenvalue weighted by Gasteiger charge is -2.22. The third-order valence-corrected chi connectivity index (χ3v) is 3.96. The Morgan fingerprint density at radius 3 is 2.58 bits per heavy atom. The summed E-state index contributed by atoms with van der Waals surface area (Å²) in [7, 11) is 0. The van der Waals surface area contributed by atoms with Gasteiger partial charge < -0.3 is 0 Å². The molecule has 0 amide bonds. The monoisotopic (exact) mass is 285 g/mol. The number of nitro groups is 1. The number of rotatable bonds is 4. The van der Waals surface area contributed by atoms with Gasteiger partial charge in [0.15, 0.2) is 0 Å². The van der Waals surface area contributed by atoms with Crippen molar-refractivity contribution in [3.63, 3.8) is 0 Å². The van der Waals surface area contributed by atoms with Gasteiger partial charge in [0, 0.05) is 6.42 Å². The molecule has 1 saturated carbocycles. The van der Waals surface area contributed by atoms with Crippen LogP contribution < -0.4 is 0 Å². The standard InChI is InChI=1S/C13H20ClN3O2/c1-9(2)8-11-12(17(18)19)13(14)16(15-11)10-6-4-3-5-7-10/h9-10H,3-8H2,1-2H3. The Bertz CT molecular complexity index is 465. The van der Waals surface area contributed by atoms with Gasteiger partial charge in [0.2, 0.25) is 5.15 Å². The highest BCUT2D eigenvalue weighted by Crippen LogP contribution is 2.36. The van der Waals surface area contributed by atoms with Gasteiger partial charge in [-0.15, -0.1) is 0 Å². The molecule has 106 valence electrons. The summed E-state index contributed by atoms with van der Waals surface area (Å²) >= 11 is 6.20. The Morgan fingerprint density at radius 2 is 2.05 bits per heavy atom. The highest BCUT2D eigenvalue weighted by atomic mass is 35.5. The molecule has 0 N–H and O–H groups in total. The van der Waals surface area contributed by atoms with Crippen molar-refractivity contribution in [2.75, 3.05) is 0 Å². The molecule has 1 aromatic heterocycles. The van der Waals surface area contributed by atoms with Crippen LogP contribution in [0.25, 0.3) is 0 Å². The number of hydrogen-bond donors (Lipinski definition) is 0. The molecule has 0 atom stereocenters. The zero-order valence-electron chi connectivity index (χ0n) is 11.4.